The Bertz CT molecular complexity index is 990. The molecule has 0 heterocycles. The van der Waals surface area contributed by atoms with Crippen LogP contribution in [-0.4, -0.2) is 18.4 Å². The first-order valence-corrected chi connectivity index (χ1v) is 17.1. The Labute approximate surface area is 191 Å². The maximum absolute atomic E-state index is 3.61. The predicted molar refractivity (Wildman–Crippen MR) is 138 cm³/mol. The zero-order valence-corrected chi connectivity index (χ0v) is 21.9. The summed E-state index contributed by atoms with van der Waals surface area (Å²) in [6, 6.07) is 41.1. The zero-order valence-electron chi connectivity index (χ0n) is 19.0. The molecule has 4 aromatic carbocycles. The van der Waals surface area contributed by atoms with Crippen LogP contribution >= 0.6 is 0 Å². The number of benzene rings is 4. The van der Waals surface area contributed by atoms with E-state index >= 15 is 0 Å². The fourth-order valence-electron chi connectivity index (χ4n) is 4.98. The first-order valence-electron chi connectivity index (χ1n) is 11.4. The summed E-state index contributed by atoms with van der Waals surface area (Å²) in [4.78, 5) is 0. The Hall–Kier alpha value is -2.32. The molecule has 31 heavy (non-hydrogen) atoms. The third kappa shape index (κ3) is 3.98. The van der Waals surface area contributed by atoms with Crippen LogP contribution in [0.1, 0.15) is 50.7 Å². The molecular formula is C30H32Sn. The molecule has 0 saturated heterocycles. The van der Waals surface area contributed by atoms with E-state index in [0.717, 1.165) is 0 Å². The van der Waals surface area contributed by atoms with Crippen molar-refractivity contribution >= 4 is 32.7 Å². The number of hydrogen-bond donors (Lipinski definition) is 0. The van der Waals surface area contributed by atoms with Gasteiger partial charge >= 0.3 is 193 Å². The van der Waals surface area contributed by atoms with E-state index < -0.39 is 18.4 Å². The minimum atomic E-state index is -3.61. The van der Waals surface area contributed by atoms with Crippen LogP contribution in [-0.2, 0) is 0 Å². The molecule has 0 nitrogen and oxygen atoms in total. The maximum atomic E-state index is 2.39. The van der Waals surface area contributed by atoms with Crippen LogP contribution in [0.4, 0.5) is 0 Å². The van der Waals surface area contributed by atoms with Crippen molar-refractivity contribution < 1.29 is 0 Å². The molecule has 0 aromatic heterocycles. The molecule has 0 unspecified atom stereocenters. The molecule has 0 fully saturated rings. The van der Waals surface area contributed by atoms with Gasteiger partial charge in [-0.2, -0.15) is 0 Å². The SMILES string of the molecule is CC(C)c1cccc(C(C)C)[c]1[Sn]([c]1ccccc1)([c]1ccccc1)[c]1ccccc1. The molecule has 0 spiro atoms. The molecule has 1 heteroatoms. The second kappa shape index (κ2) is 9.44. The van der Waals surface area contributed by atoms with E-state index in [9.17, 15) is 0 Å². The van der Waals surface area contributed by atoms with Crippen LogP contribution in [0.5, 0.6) is 0 Å². The molecule has 0 aliphatic carbocycles. The van der Waals surface area contributed by atoms with Crippen molar-refractivity contribution in [3.8, 4) is 0 Å². The fourth-order valence-corrected chi connectivity index (χ4v) is 20.8. The summed E-state index contributed by atoms with van der Waals surface area (Å²) < 4.78 is 6.20. The van der Waals surface area contributed by atoms with Crippen LogP contribution in [0, 0.1) is 0 Å². The van der Waals surface area contributed by atoms with Crippen LogP contribution < -0.4 is 14.3 Å². The molecule has 4 aromatic rings. The monoisotopic (exact) mass is 512 g/mol. The van der Waals surface area contributed by atoms with Gasteiger partial charge in [-0.3, -0.25) is 0 Å². The van der Waals surface area contributed by atoms with Gasteiger partial charge in [-0.05, 0) is 0 Å². The van der Waals surface area contributed by atoms with E-state index in [2.05, 4.69) is 137 Å². The summed E-state index contributed by atoms with van der Waals surface area (Å²) in [5, 5.41) is 0. The number of rotatable bonds is 6. The fraction of sp³-hybridized carbons (Fsp3) is 0.200. The van der Waals surface area contributed by atoms with E-state index in [4.69, 9.17) is 0 Å². The molecular weight excluding hydrogens is 479 g/mol. The second-order valence-corrected chi connectivity index (χ2v) is 19.6. The Balaban J connectivity index is 2.26. The standard InChI is InChI=1S/C12H17.3C6H5.Sn/c1-9(2)11-6-5-7-12(8-11)10(3)4;3*1-2-4-6-5-3-1;/h5-7,9-10H,1-4H3;3*1-5H;. The van der Waals surface area contributed by atoms with Gasteiger partial charge in [0.15, 0.2) is 0 Å². The van der Waals surface area contributed by atoms with Gasteiger partial charge < -0.3 is 0 Å². The summed E-state index contributed by atoms with van der Waals surface area (Å²) in [5.74, 6) is 0.946. The zero-order chi connectivity index (χ0) is 21.8. The third-order valence-corrected chi connectivity index (χ3v) is 20.4. The van der Waals surface area contributed by atoms with Gasteiger partial charge in [0, 0.05) is 0 Å². The molecule has 156 valence electrons. The molecule has 0 atom stereocenters. The molecule has 0 bridgehead atoms. The third-order valence-electron chi connectivity index (χ3n) is 6.37. The van der Waals surface area contributed by atoms with Crippen molar-refractivity contribution in [1.29, 1.82) is 0 Å². The normalized spacial score (nSPS) is 11.8. The molecule has 0 saturated carbocycles. The van der Waals surface area contributed by atoms with Gasteiger partial charge in [0.2, 0.25) is 0 Å². The molecule has 0 amide bonds. The summed E-state index contributed by atoms with van der Waals surface area (Å²) in [7, 11) is 0. The molecule has 0 N–H and O–H groups in total. The first-order chi connectivity index (χ1) is 15.1. The van der Waals surface area contributed by atoms with E-state index in [1.54, 1.807) is 3.58 Å². The average molecular weight is 511 g/mol. The van der Waals surface area contributed by atoms with Crippen molar-refractivity contribution in [2.24, 2.45) is 0 Å². The van der Waals surface area contributed by atoms with Crippen molar-refractivity contribution in [3.05, 3.63) is 120 Å². The quantitative estimate of drug-likeness (QED) is 0.308. The topological polar surface area (TPSA) is 0 Å². The van der Waals surface area contributed by atoms with Gasteiger partial charge in [0.1, 0.15) is 0 Å². The van der Waals surface area contributed by atoms with E-state index in [1.165, 1.54) is 21.9 Å². The minimum absolute atomic E-state index is 0.473. The van der Waals surface area contributed by atoms with Crippen LogP contribution in [0.25, 0.3) is 0 Å². The van der Waals surface area contributed by atoms with Gasteiger partial charge in [-0.15, -0.1) is 0 Å². The van der Waals surface area contributed by atoms with Crippen molar-refractivity contribution in [2.45, 2.75) is 39.5 Å². The molecule has 4 rings (SSSR count). The predicted octanol–water partition coefficient (Wildman–Crippen LogP) is 5.31. The number of hydrogen-bond acceptors (Lipinski definition) is 0. The molecule has 0 radical (unpaired) electrons. The van der Waals surface area contributed by atoms with Crippen molar-refractivity contribution in [3.63, 3.8) is 0 Å². The van der Waals surface area contributed by atoms with Gasteiger partial charge in [0.05, 0.1) is 0 Å². The summed E-state index contributed by atoms with van der Waals surface area (Å²) in [5.41, 5.74) is 3.03. The van der Waals surface area contributed by atoms with Crippen LogP contribution in [0.3, 0.4) is 0 Å². The van der Waals surface area contributed by atoms with Gasteiger partial charge in [-0.25, -0.2) is 0 Å². The Kier molecular flexibility index (Phi) is 6.67. The molecule has 0 aliphatic rings. The van der Waals surface area contributed by atoms with Gasteiger partial charge in [-0.1, -0.05) is 0 Å². The van der Waals surface area contributed by atoms with Crippen molar-refractivity contribution in [1.82, 2.24) is 0 Å². The van der Waals surface area contributed by atoms with Crippen LogP contribution in [0.15, 0.2) is 109 Å². The molecule has 0 aliphatic heterocycles. The second-order valence-electron chi connectivity index (χ2n) is 8.97. The van der Waals surface area contributed by atoms with E-state index in [0.29, 0.717) is 11.8 Å². The summed E-state index contributed by atoms with van der Waals surface area (Å²) in [6.45, 7) is 9.39. The van der Waals surface area contributed by atoms with E-state index in [1.807, 2.05) is 0 Å². The van der Waals surface area contributed by atoms with Crippen molar-refractivity contribution in [2.75, 3.05) is 0 Å². The Morgan fingerprint density at radius 1 is 0.419 bits per heavy atom. The summed E-state index contributed by atoms with van der Waals surface area (Å²) in [6.07, 6.45) is 0. The Morgan fingerprint density at radius 3 is 1.03 bits per heavy atom. The van der Waals surface area contributed by atoms with Crippen LogP contribution in [0.2, 0.25) is 0 Å². The van der Waals surface area contributed by atoms with E-state index in [-0.39, 0.29) is 0 Å². The summed E-state index contributed by atoms with van der Waals surface area (Å²) >= 11 is -3.61. The van der Waals surface area contributed by atoms with Gasteiger partial charge in [0.25, 0.3) is 0 Å². The average Bonchev–Trinajstić information content (AvgIpc) is 2.81. The Morgan fingerprint density at radius 2 is 0.742 bits per heavy atom. The first kappa shape index (κ1) is 21.9.